The molecule has 0 radical (unpaired) electrons. The molecule has 0 bridgehead atoms. The molecule has 0 amide bonds. The van der Waals surface area contributed by atoms with E-state index in [1.807, 2.05) is 0 Å². The maximum atomic E-state index is 14.0. The van der Waals surface area contributed by atoms with Gasteiger partial charge in [0.25, 0.3) is 0 Å². The summed E-state index contributed by atoms with van der Waals surface area (Å²) in [5, 5.41) is 0.530. The zero-order valence-electron chi connectivity index (χ0n) is 12.1. The maximum Gasteiger partial charge on any atom is 0.185 e. The molecule has 2 aromatic rings. The molecule has 0 saturated heterocycles. The van der Waals surface area contributed by atoms with Gasteiger partial charge in [0, 0.05) is 17.7 Å². The largest absolute Gasteiger partial charge is 0.486 e. The first kappa shape index (κ1) is 19.3. The second-order valence-electron chi connectivity index (χ2n) is 5.13. The summed E-state index contributed by atoms with van der Waals surface area (Å²) in [7, 11) is -3.71. The minimum Gasteiger partial charge on any atom is -0.486 e. The molecule has 4 nitrogen and oxygen atoms in total. The number of benzene rings is 2. The molecule has 2 N–H and O–H groups in total. The smallest absolute Gasteiger partial charge is 0.185 e. The summed E-state index contributed by atoms with van der Waals surface area (Å²) in [6.07, 6.45) is -0.710. The lowest BCUT2D eigenvalue weighted by atomic mass is 10.0. The average molecular weight is 413 g/mol. The van der Waals surface area contributed by atoms with Gasteiger partial charge in [0.2, 0.25) is 0 Å². The van der Waals surface area contributed by atoms with Crippen molar-refractivity contribution in [3.05, 3.63) is 46.2 Å². The van der Waals surface area contributed by atoms with Gasteiger partial charge >= 0.3 is 0 Å². The molecule has 0 aliphatic carbocycles. The Morgan fingerprint density at radius 3 is 2.46 bits per heavy atom. The predicted molar refractivity (Wildman–Crippen MR) is 94.6 cm³/mol. The lowest BCUT2D eigenvalue weighted by Gasteiger charge is -2.27. The van der Waals surface area contributed by atoms with Crippen LogP contribution in [0.25, 0.3) is 11.1 Å². The van der Waals surface area contributed by atoms with Gasteiger partial charge in [-0.25, -0.2) is 12.8 Å². The van der Waals surface area contributed by atoms with Gasteiger partial charge in [0.05, 0.1) is 15.8 Å². The number of hydrogen-bond donors (Lipinski definition) is 1. The highest BCUT2D eigenvalue weighted by molar-refractivity contribution is 7.91. The highest BCUT2D eigenvalue weighted by atomic mass is 35.5. The second-order valence-corrected chi connectivity index (χ2v) is 7.95. The van der Waals surface area contributed by atoms with E-state index in [0.29, 0.717) is 5.56 Å². The molecule has 0 fully saturated rings. The van der Waals surface area contributed by atoms with E-state index < -0.39 is 21.8 Å². The van der Waals surface area contributed by atoms with Gasteiger partial charge in [-0.15, -0.1) is 12.4 Å². The van der Waals surface area contributed by atoms with Crippen LogP contribution in [0.2, 0.25) is 10.0 Å². The summed E-state index contributed by atoms with van der Waals surface area (Å²) < 4.78 is 44.4. The number of nitrogens with two attached hydrogens (primary N) is 1. The highest BCUT2D eigenvalue weighted by Gasteiger charge is 2.34. The van der Waals surface area contributed by atoms with E-state index in [2.05, 4.69) is 0 Å². The minimum atomic E-state index is -3.71. The molecule has 0 aromatic heterocycles. The Morgan fingerprint density at radius 1 is 1.25 bits per heavy atom. The van der Waals surface area contributed by atoms with E-state index in [-0.39, 0.29) is 51.0 Å². The Hall–Kier alpha value is -1.05. The van der Waals surface area contributed by atoms with E-state index in [4.69, 9.17) is 33.7 Å². The van der Waals surface area contributed by atoms with Crippen LogP contribution < -0.4 is 10.5 Å². The van der Waals surface area contributed by atoms with Crippen LogP contribution in [0.15, 0.2) is 35.2 Å². The molecule has 24 heavy (non-hydrogen) atoms. The Labute approximate surface area is 155 Å². The number of halogens is 4. The van der Waals surface area contributed by atoms with E-state index in [0.717, 1.165) is 12.1 Å². The quantitative estimate of drug-likeness (QED) is 0.816. The van der Waals surface area contributed by atoms with Crippen molar-refractivity contribution in [3.63, 3.8) is 0 Å². The molecule has 1 atom stereocenters. The van der Waals surface area contributed by atoms with Crippen molar-refractivity contribution in [3.8, 4) is 16.9 Å². The second kappa shape index (κ2) is 7.06. The zero-order chi connectivity index (χ0) is 16.8. The van der Waals surface area contributed by atoms with Crippen molar-refractivity contribution in [2.75, 3.05) is 12.3 Å². The molecule has 1 aliphatic rings. The van der Waals surface area contributed by atoms with Crippen LogP contribution in [0.4, 0.5) is 4.39 Å². The highest BCUT2D eigenvalue weighted by Crippen LogP contribution is 2.45. The summed E-state index contributed by atoms with van der Waals surface area (Å²) in [6.45, 7) is 0.0196. The van der Waals surface area contributed by atoms with Crippen LogP contribution >= 0.6 is 35.6 Å². The monoisotopic (exact) mass is 411 g/mol. The molecular formula is C15H13Cl3FNO3S. The first-order valence-corrected chi connectivity index (χ1v) is 9.11. The Kier molecular flexibility index (Phi) is 5.67. The topological polar surface area (TPSA) is 69.4 Å². The summed E-state index contributed by atoms with van der Waals surface area (Å²) in [5.74, 6) is -0.980. The van der Waals surface area contributed by atoms with Gasteiger partial charge in [-0.2, -0.15) is 0 Å². The number of rotatable bonds is 2. The Morgan fingerprint density at radius 2 is 1.88 bits per heavy atom. The van der Waals surface area contributed by atoms with Crippen LogP contribution in [-0.4, -0.2) is 26.8 Å². The van der Waals surface area contributed by atoms with Crippen molar-refractivity contribution in [2.45, 2.75) is 11.0 Å². The Balaban J connectivity index is 0.00000208. The molecule has 1 heterocycles. The van der Waals surface area contributed by atoms with Gasteiger partial charge in [0.15, 0.2) is 9.84 Å². The third-order valence-corrected chi connectivity index (χ3v) is 5.95. The van der Waals surface area contributed by atoms with Crippen molar-refractivity contribution >= 4 is 45.4 Å². The fraction of sp³-hybridized carbons (Fsp3) is 0.200. The van der Waals surface area contributed by atoms with Gasteiger partial charge in [-0.3, -0.25) is 0 Å². The summed E-state index contributed by atoms with van der Waals surface area (Å²) in [6, 6.07) is 6.89. The third kappa shape index (κ3) is 3.34. The van der Waals surface area contributed by atoms with Crippen molar-refractivity contribution in [1.29, 1.82) is 0 Å². The fourth-order valence-electron chi connectivity index (χ4n) is 2.51. The maximum absolute atomic E-state index is 14.0. The van der Waals surface area contributed by atoms with Crippen LogP contribution in [0, 0.1) is 5.82 Å². The molecule has 1 aliphatic heterocycles. The third-order valence-electron chi connectivity index (χ3n) is 3.54. The summed E-state index contributed by atoms with van der Waals surface area (Å²) in [4.78, 5) is -0.215. The fourth-order valence-corrected chi connectivity index (χ4v) is 4.72. The van der Waals surface area contributed by atoms with Crippen molar-refractivity contribution in [2.24, 2.45) is 5.73 Å². The SMILES string of the molecule is Cl.NCC1CS(=O)(=O)c2cc(F)cc(-c3c(Cl)cccc3Cl)c2O1. The number of ether oxygens (including phenoxy) is 1. The van der Waals surface area contributed by atoms with E-state index in [9.17, 15) is 12.8 Å². The predicted octanol–water partition coefficient (Wildman–Crippen LogP) is 3.71. The lowest BCUT2D eigenvalue weighted by molar-refractivity contribution is 0.219. The Bertz CT molecular complexity index is 870. The molecule has 3 rings (SSSR count). The number of fused-ring (bicyclic) bond motifs is 1. The first-order valence-electron chi connectivity index (χ1n) is 6.71. The molecule has 0 spiro atoms. The zero-order valence-corrected chi connectivity index (χ0v) is 15.3. The normalized spacial score (nSPS) is 18.2. The molecule has 0 saturated carbocycles. The van der Waals surface area contributed by atoms with Gasteiger partial charge in [-0.05, 0) is 24.3 Å². The van der Waals surface area contributed by atoms with Crippen LogP contribution in [-0.2, 0) is 9.84 Å². The van der Waals surface area contributed by atoms with Crippen LogP contribution in [0.1, 0.15) is 0 Å². The molecule has 130 valence electrons. The van der Waals surface area contributed by atoms with Crippen molar-refractivity contribution < 1.29 is 17.5 Å². The molecule has 2 aromatic carbocycles. The molecule has 9 heteroatoms. The van der Waals surface area contributed by atoms with Crippen molar-refractivity contribution in [1.82, 2.24) is 0 Å². The van der Waals surface area contributed by atoms with Crippen LogP contribution in [0.3, 0.4) is 0 Å². The van der Waals surface area contributed by atoms with E-state index >= 15 is 0 Å². The summed E-state index contributed by atoms with van der Waals surface area (Å²) in [5.41, 5.74) is 6.06. The van der Waals surface area contributed by atoms with Gasteiger partial charge < -0.3 is 10.5 Å². The average Bonchev–Trinajstić information content (AvgIpc) is 2.47. The first-order chi connectivity index (χ1) is 10.8. The summed E-state index contributed by atoms with van der Waals surface area (Å²) >= 11 is 12.3. The van der Waals surface area contributed by atoms with Crippen LogP contribution in [0.5, 0.6) is 5.75 Å². The van der Waals surface area contributed by atoms with Gasteiger partial charge in [-0.1, -0.05) is 29.3 Å². The lowest BCUT2D eigenvalue weighted by Crippen LogP contribution is -2.38. The van der Waals surface area contributed by atoms with E-state index in [1.165, 1.54) is 0 Å². The number of hydrogen-bond acceptors (Lipinski definition) is 4. The van der Waals surface area contributed by atoms with Gasteiger partial charge in [0.1, 0.15) is 22.6 Å². The standard InChI is InChI=1S/C15H12Cl2FNO3S.ClH/c16-11-2-1-3-12(17)14(11)10-4-8(18)5-13-15(10)22-9(6-19)7-23(13,20)21;/h1-5,9H,6-7,19H2;1H. The number of sulfone groups is 1. The molecular weight excluding hydrogens is 400 g/mol. The van der Waals surface area contributed by atoms with E-state index in [1.54, 1.807) is 18.2 Å². The minimum absolute atomic E-state index is 0. The molecule has 1 unspecified atom stereocenters.